The Bertz CT molecular complexity index is 551. The van der Waals surface area contributed by atoms with Crippen molar-refractivity contribution < 1.29 is 18.6 Å². The van der Waals surface area contributed by atoms with E-state index >= 15 is 0 Å². The lowest BCUT2D eigenvalue weighted by Gasteiger charge is -2.20. The van der Waals surface area contributed by atoms with Crippen molar-refractivity contribution in [2.45, 2.75) is 31.1 Å². The van der Waals surface area contributed by atoms with E-state index in [1.165, 1.54) is 6.20 Å². The first-order valence-corrected chi connectivity index (χ1v) is 6.21. The third kappa shape index (κ3) is 2.26. The molecule has 2 rings (SSSR count). The Hall–Kier alpha value is -1.06. The molecule has 4 unspecified atom stereocenters. The minimum Gasteiger partial charge on any atom is -0.394 e. The Kier molecular flexibility index (Phi) is 3.63. The summed E-state index contributed by atoms with van der Waals surface area (Å²) in [6.45, 7) is 0.283. The number of alkyl halides is 2. The van der Waals surface area contributed by atoms with Crippen LogP contribution < -0.4 is 11.4 Å². The predicted octanol–water partition coefficient (Wildman–Crippen LogP) is 0.544. The Morgan fingerprint density at radius 1 is 1.74 bits per heavy atom. The number of ether oxygens (including phenoxy) is 1. The summed E-state index contributed by atoms with van der Waals surface area (Å²) in [6.07, 6.45) is -3.78. The molecule has 0 spiro atoms. The summed E-state index contributed by atoms with van der Waals surface area (Å²) in [5, 5.41) is 8.99. The summed E-state index contributed by atoms with van der Waals surface area (Å²) >= 11 is 3.04. The first kappa shape index (κ1) is 14.4. The Labute approximate surface area is 115 Å². The van der Waals surface area contributed by atoms with Crippen molar-refractivity contribution in [1.29, 1.82) is 0 Å². The second-order valence-electron chi connectivity index (χ2n) is 4.41. The third-order valence-corrected chi connectivity index (χ3v) is 3.71. The SMILES string of the molecule is CC1(F)C(CO)OC(n2cc(Br)c(N)nc2=O)C1F. The van der Waals surface area contributed by atoms with E-state index in [9.17, 15) is 13.6 Å². The molecule has 106 valence electrons. The maximum absolute atomic E-state index is 14.1. The summed E-state index contributed by atoms with van der Waals surface area (Å²) in [7, 11) is 0. The Morgan fingerprint density at radius 2 is 2.37 bits per heavy atom. The van der Waals surface area contributed by atoms with Gasteiger partial charge in [-0.25, -0.2) is 13.6 Å². The number of aliphatic hydroxyl groups is 1. The minimum absolute atomic E-state index is 0.0589. The fraction of sp³-hybridized carbons (Fsp3) is 0.600. The molecule has 1 saturated heterocycles. The highest BCUT2D eigenvalue weighted by molar-refractivity contribution is 9.10. The molecule has 0 aliphatic carbocycles. The number of anilines is 1. The molecule has 1 aliphatic heterocycles. The molecule has 0 amide bonds. The standard InChI is InChI=1S/C10H12BrF2N3O3/c1-10(13)5(3-17)19-8(6(10)12)16-2-4(11)7(14)15-9(16)18/h2,5-6,8,17H,3H2,1H3,(H2,14,15,18). The highest BCUT2D eigenvalue weighted by Crippen LogP contribution is 2.41. The van der Waals surface area contributed by atoms with Crippen LogP contribution in [0.4, 0.5) is 14.6 Å². The van der Waals surface area contributed by atoms with Crippen molar-refractivity contribution in [3.63, 3.8) is 0 Å². The van der Waals surface area contributed by atoms with E-state index < -0.39 is 36.5 Å². The average Bonchev–Trinajstić information content (AvgIpc) is 2.56. The molecular weight excluding hydrogens is 328 g/mol. The Balaban J connectivity index is 2.44. The van der Waals surface area contributed by atoms with E-state index in [1.807, 2.05) is 0 Å². The van der Waals surface area contributed by atoms with E-state index in [0.717, 1.165) is 11.5 Å². The molecule has 1 aromatic heterocycles. The van der Waals surface area contributed by atoms with Crippen molar-refractivity contribution in [2.75, 3.05) is 12.3 Å². The fourth-order valence-electron chi connectivity index (χ4n) is 1.89. The fourth-order valence-corrected chi connectivity index (χ4v) is 2.20. The average molecular weight is 340 g/mol. The third-order valence-electron chi connectivity index (χ3n) is 3.10. The van der Waals surface area contributed by atoms with Gasteiger partial charge in [-0.2, -0.15) is 4.98 Å². The molecule has 4 atom stereocenters. The first-order chi connectivity index (χ1) is 8.78. The molecule has 1 aliphatic rings. The van der Waals surface area contributed by atoms with E-state index in [2.05, 4.69) is 20.9 Å². The zero-order valence-electron chi connectivity index (χ0n) is 9.89. The summed E-state index contributed by atoms with van der Waals surface area (Å²) < 4.78 is 34.3. The van der Waals surface area contributed by atoms with Gasteiger partial charge >= 0.3 is 5.69 Å². The molecule has 0 saturated carbocycles. The van der Waals surface area contributed by atoms with Gasteiger partial charge in [0.25, 0.3) is 0 Å². The highest BCUT2D eigenvalue weighted by Gasteiger charge is 2.56. The van der Waals surface area contributed by atoms with E-state index in [-0.39, 0.29) is 10.3 Å². The highest BCUT2D eigenvalue weighted by atomic mass is 79.9. The number of aliphatic hydroxyl groups excluding tert-OH is 1. The summed E-state index contributed by atoms with van der Waals surface area (Å²) in [5.74, 6) is -0.0589. The molecule has 9 heteroatoms. The quantitative estimate of drug-likeness (QED) is 0.820. The monoisotopic (exact) mass is 339 g/mol. The largest absolute Gasteiger partial charge is 0.394 e. The first-order valence-electron chi connectivity index (χ1n) is 5.42. The van der Waals surface area contributed by atoms with Crippen LogP contribution in [0.3, 0.4) is 0 Å². The maximum Gasteiger partial charge on any atom is 0.351 e. The van der Waals surface area contributed by atoms with Crippen LogP contribution in [0.1, 0.15) is 13.2 Å². The van der Waals surface area contributed by atoms with Crippen LogP contribution in [0.15, 0.2) is 15.5 Å². The molecule has 19 heavy (non-hydrogen) atoms. The number of nitrogen functional groups attached to an aromatic ring is 1. The van der Waals surface area contributed by atoms with E-state index in [0.29, 0.717) is 0 Å². The Morgan fingerprint density at radius 3 is 2.89 bits per heavy atom. The number of nitrogens with zero attached hydrogens (tertiary/aromatic N) is 2. The molecule has 1 aromatic rings. The molecule has 0 radical (unpaired) electrons. The number of hydrogen-bond acceptors (Lipinski definition) is 5. The lowest BCUT2D eigenvalue weighted by Crippen LogP contribution is -2.40. The molecule has 0 aromatic carbocycles. The lowest BCUT2D eigenvalue weighted by molar-refractivity contribution is -0.0532. The van der Waals surface area contributed by atoms with Crippen LogP contribution in [0, 0.1) is 0 Å². The zero-order valence-corrected chi connectivity index (χ0v) is 11.5. The van der Waals surface area contributed by atoms with Gasteiger partial charge in [0.2, 0.25) is 0 Å². The van der Waals surface area contributed by atoms with E-state index in [4.69, 9.17) is 15.6 Å². The van der Waals surface area contributed by atoms with Crippen molar-refractivity contribution in [2.24, 2.45) is 0 Å². The number of aromatic nitrogens is 2. The molecule has 2 heterocycles. The van der Waals surface area contributed by atoms with Gasteiger partial charge in [0.05, 0.1) is 11.1 Å². The summed E-state index contributed by atoms with van der Waals surface area (Å²) in [6, 6.07) is 0. The van der Waals surface area contributed by atoms with Crippen molar-refractivity contribution in [3.05, 3.63) is 21.2 Å². The molecular formula is C10H12BrF2N3O3. The maximum atomic E-state index is 14.1. The second-order valence-corrected chi connectivity index (χ2v) is 5.27. The number of halogens is 3. The second kappa shape index (κ2) is 4.80. The predicted molar refractivity (Wildman–Crippen MR) is 66.0 cm³/mol. The smallest absolute Gasteiger partial charge is 0.351 e. The van der Waals surface area contributed by atoms with E-state index in [1.54, 1.807) is 0 Å². The zero-order chi connectivity index (χ0) is 14.4. The van der Waals surface area contributed by atoms with Crippen molar-refractivity contribution in [1.82, 2.24) is 9.55 Å². The van der Waals surface area contributed by atoms with Gasteiger partial charge in [0, 0.05) is 6.20 Å². The van der Waals surface area contributed by atoms with Crippen molar-refractivity contribution in [3.8, 4) is 0 Å². The van der Waals surface area contributed by atoms with Gasteiger partial charge in [0.15, 0.2) is 18.1 Å². The van der Waals surface area contributed by atoms with Gasteiger partial charge in [-0.05, 0) is 22.9 Å². The summed E-state index contributed by atoms with van der Waals surface area (Å²) in [4.78, 5) is 15.1. The number of hydrogen-bond donors (Lipinski definition) is 2. The number of rotatable bonds is 2. The van der Waals surface area contributed by atoms with Gasteiger partial charge in [0.1, 0.15) is 11.9 Å². The molecule has 0 bridgehead atoms. The van der Waals surface area contributed by atoms with Crippen LogP contribution in [-0.2, 0) is 4.74 Å². The van der Waals surface area contributed by atoms with Crippen LogP contribution >= 0.6 is 15.9 Å². The van der Waals surface area contributed by atoms with Crippen molar-refractivity contribution >= 4 is 21.7 Å². The van der Waals surface area contributed by atoms with Crippen LogP contribution in [0.5, 0.6) is 0 Å². The van der Waals surface area contributed by atoms with Crippen LogP contribution in [0.25, 0.3) is 0 Å². The van der Waals surface area contributed by atoms with Crippen LogP contribution in [0.2, 0.25) is 0 Å². The van der Waals surface area contributed by atoms with Gasteiger partial charge < -0.3 is 15.6 Å². The minimum atomic E-state index is -2.40. The van der Waals surface area contributed by atoms with Gasteiger partial charge in [-0.1, -0.05) is 0 Å². The molecule has 3 N–H and O–H groups in total. The normalized spacial score (nSPS) is 34.7. The molecule has 1 fully saturated rings. The molecule has 6 nitrogen and oxygen atoms in total. The van der Waals surface area contributed by atoms with Gasteiger partial charge in [-0.3, -0.25) is 4.57 Å². The number of nitrogens with two attached hydrogens (primary N) is 1. The van der Waals surface area contributed by atoms with Gasteiger partial charge in [-0.15, -0.1) is 0 Å². The topological polar surface area (TPSA) is 90.4 Å². The van der Waals surface area contributed by atoms with Crippen LogP contribution in [-0.4, -0.2) is 39.2 Å². The lowest BCUT2D eigenvalue weighted by atomic mass is 9.98. The summed E-state index contributed by atoms with van der Waals surface area (Å²) in [5.41, 5.74) is 2.15.